The standard InChI is InChI=1S/C16H24N6O2/c1-15(2,3)13-9-12(20(4)18-13)14(23)21-7-5-16(24,10-21)11-22-8-6-17-19-22/h6,8-9,24H,5,7,10-11H2,1-4H3. The predicted octanol–water partition coefficient (Wildman–Crippen LogP) is 0.586. The van der Waals surface area contributed by atoms with Crippen LogP contribution in [0.5, 0.6) is 0 Å². The van der Waals surface area contributed by atoms with Gasteiger partial charge >= 0.3 is 0 Å². The number of likely N-dealkylation sites (tertiary alicyclic amines) is 1. The van der Waals surface area contributed by atoms with Crippen molar-refractivity contribution in [1.82, 2.24) is 29.7 Å². The number of aryl methyl sites for hydroxylation is 1. The van der Waals surface area contributed by atoms with Crippen LogP contribution in [0, 0.1) is 0 Å². The zero-order valence-electron chi connectivity index (χ0n) is 14.6. The van der Waals surface area contributed by atoms with Crippen molar-refractivity contribution < 1.29 is 9.90 Å². The SMILES string of the molecule is Cn1nc(C(C)(C)C)cc1C(=O)N1CCC(O)(Cn2ccnn2)C1. The summed E-state index contributed by atoms with van der Waals surface area (Å²) in [6, 6.07) is 1.84. The molecule has 0 saturated carbocycles. The molecule has 3 heterocycles. The minimum Gasteiger partial charge on any atom is -0.386 e. The van der Waals surface area contributed by atoms with Crippen molar-refractivity contribution in [2.75, 3.05) is 13.1 Å². The zero-order valence-corrected chi connectivity index (χ0v) is 14.6. The molecule has 0 spiro atoms. The van der Waals surface area contributed by atoms with Crippen molar-refractivity contribution in [1.29, 1.82) is 0 Å². The Morgan fingerprint density at radius 3 is 2.75 bits per heavy atom. The number of amides is 1. The van der Waals surface area contributed by atoms with Gasteiger partial charge in [0.05, 0.1) is 25.0 Å². The van der Waals surface area contributed by atoms with Crippen LogP contribution >= 0.6 is 0 Å². The van der Waals surface area contributed by atoms with Crippen LogP contribution in [0.3, 0.4) is 0 Å². The van der Waals surface area contributed by atoms with Gasteiger partial charge in [0.15, 0.2) is 0 Å². The van der Waals surface area contributed by atoms with Crippen LogP contribution in [0.4, 0.5) is 0 Å². The van der Waals surface area contributed by atoms with Gasteiger partial charge in [-0.05, 0) is 12.5 Å². The molecule has 1 atom stereocenters. The molecular weight excluding hydrogens is 308 g/mol. The van der Waals surface area contributed by atoms with E-state index in [9.17, 15) is 9.90 Å². The minimum absolute atomic E-state index is 0.102. The van der Waals surface area contributed by atoms with Crippen molar-refractivity contribution in [3.05, 3.63) is 29.8 Å². The first kappa shape index (κ1) is 16.6. The van der Waals surface area contributed by atoms with E-state index in [-0.39, 0.29) is 17.9 Å². The monoisotopic (exact) mass is 332 g/mol. The second-order valence-corrected chi connectivity index (χ2v) is 7.59. The Labute approximate surface area is 141 Å². The third-order valence-electron chi connectivity index (χ3n) is 4.42. The Morgan fingerprint density at radius 2 is 2.17 bits per heavy atom. The van der Waals surface area contributed by atoms with Crippen LogP contribution in [0.15, 0.2) is 18.5 Å². The smallest absolute Gasteiger partial charge is 0.272 e. The van der Waals surface area contributed by atoms with E-state index >= 15 is 0 Å². The average Bonchev–Trinajstić information content (AvgIpc) is 3.18. The van der Waals surface area contributed by atoms with Crippen LogP contribution in [0.25, 0.3) is 0 Å². The summed E-state index contributed by atoms with van der Waals surface area (Å²) < 4.78 is 3.22. The fourth-order valence-corrected chi connectivity index (χ4v) is 2.97. The first-order chi connectivity index (χ1) is 11.2. The number of carbonyl (C=O) groups excluding carboxylic acids is 1. The molecule has 3 rings (SSSR count). The largest absolute Gasteiger partial charge is 0.386 e. The molecule has 1 unspecified atom stereocenters. The number of hydrogen-bond acceptors (Lipinski definition) is 5. The molecular formula is C16H24N6O2. The number of rotatable bonds is 3. The molecule has 2 aromatic heterocycles. The van der Waals surface area contributed by atoms with E-state index < -0.39 is 5.60 Å². The van der Waals surface area contributed by atoms with E-state index in [4.69, 9.17) is 0 Å². The zero-order chi connectivity index (χ0) is 17.5. The van der Waals surface area contributed by atoms with Crippen molar-refractivity contribution >= 4 is 5.91 Å². The Balaban J connectivity index is 1.74. The molecule has 24 heavy (non-hydrogen) atoms. The Bertz CT molecular complexity index is 730. The lowest BCUT2D eigenvalue weighted by atomic mass is 9.92. The molecule has 0 radical (unpaired) electrons. The third-order valence-corrected chi connectivity index (χ3v) is 4.42. The topological polar surface area (TPSA) is 89.1 Å². The fourth-order valence-electron chi connectivity index (χ4n) is 2.97. The van der Waals surface area contributed by atoms with Crippen molar-refractivity contribution in [3.8, 4) is 0 Å². The van der Waals surface area contributed by atoms with Gasteiger partial charge in [-0.25, -0.2) is 4.68 Å². The second-order valence-electron chi connectivity index (χ2n) is 7.59. The van der Waals surface area contributed by atoms with E-state index in [0.29, 0.717) is 25.2 Å². The second kappa shape index (κ2) is 5.70. The summed E-state index contributed by atoms with van der Waals surface area (Å²) in [6.07, 6.45) is 3.80. The highest BCUT2D eigenvalue weighted by atomic mass is 16.3. The summed E-state index contributed by atoms with van der Waals surface area (Å²) in [6.45, 7) is 7.32. The molecule has 2 aromatic rings. The van der Waals surface area contributed by atoms with Crippen molar-refractivity contribution in [2.45, 2.75) is 44.8 Å². The molecule has 1 aliphatic rings. The number of aliphatic hydroxyl groups is 1. The summed E-state index contributed by atoms with van der Waals surface area (Å²) in [4.78, 5) is 14.5. The van der Waals surface area contributed by atoms with E-state index in [1.54, 1.807) is 33.7 Å². The van der Waals surface area contributed by atoms with E-state index in [1.165, 1.54) is 0 Å². The van der Waals surface area contributed by atoms with Crippen molar-refractivity contribution in [3.63, 3.8) is 0 Å². The number of carbonyl (C=O) groups is 1. The molecule has 1 N–H and O–H groups in total. The maximum Gasteiger partial charge on any atom is 0.272 e. The minimum atomic E-state index is -0.977. The van der Waals surface area contributed by atoms with Crippen LogP contribution in [0.1, 0.15) is 43.4 Å². The molecule has 8 heteroatoms. The van der Waals surface area contributed by atoms with Gasteiger partial charge < -0.3 is 10.0 Å². The van der Waals surface area contributed by atoms with Gasteiger partial charge in [-0.3, -0.25) is 9.48 Å². The first-order valence-electron chi connectivity index (χ1n) is 8.08. The number of nitrogens with zero attached hydrogens (tertiary/aromatic N) is 6. The quantitative estimate of drug-likeness (QED) is 0.888. The van der Waals surface area contributed by atoms with E-state index in [2.05, 4.69) is 36.2 Å². The summed E-state index contributed by atoms with van der Waals surface area (Å²) in [5.74, 6) is -0.102. The summed E-state index contributed by atoms with van der Waals surface area (Å²) in [7, 11) is 1.78. The highest BCUT2D eigenvalue weighted by Gasteiger charge is 2.40. The van der Waals surface area contributed by atoms with Crippen LogP contribution < -0.4 is 0 Å². The Morgan fingerprint density at radius 1 is 1.42 bits per heavy atom. The lowest BCUT2D eigenvalue weighted by Gasteiger charge is -2.23. The van der Waals surface area contributed by atoms with Crippen molar-refractivity contribution in [2.24, 2.45) is 7.05 Å². The van der Waals surface area contributed by atoms with Crippen LogP contribution in [-0.2, 0) is 19.0 Å². The normalized spacial score (nSPS) is 21.5. The number of aromatic nitrogens is 5. The van der Waals surface area contributed by atoms with Crippen LogP contribution in [-0.4, -0.2) is 59.4 Å². The third kappa shape index (κ3) is 3.19. The van der Waals surface area contributed by atoms with Gasteiger partial charge in [0, 0.05) is 25.2 Å². The lowest BCUT2D eigenvalue weighted by Crippen LogP contribution is -2.40. The Hall–Kier alpha value is -2.22. The maximum absolute atomic E-state index is 12.8. The van der Waals surface area contributed by atoms with Gasteiger partial charge in [-0.15, -0.1) is 5.10 Å². The van der Waals surface area contributed by atoms with Gasteiger partial charge in [-0.2, -0.15) is 5.10 Å². The fraction of sp³-hybridized carbons (Fsp3) is 0.625. The summed E-state index contributed by atoms with van der Waals surface area (Å²) >= 11 is 0. The van der Waals surface area contributed by atoms with Gasteiger partial charge in [0.2, 0.25) is 0 Å². The highest BCUT2D eigenvalue weighted by molar-refractivity contribution is 5.93. The first-order valence-corrected chi connectivity index (χ1v) is 8.08. The van der Waals surface area contributed by atoms with E-state index in [1.807, 2.05) is 6.07 Å². The average molecular weight is 332 g/mol. The summed E-state index contributed by atoms with van der Waals surface area (Å²) in [5.41, 5.74) is 0.333. The predicted molar refractivity (Wildman–Crippen MR) is 87.4 cm³/mol. The number of hydrogen-bond donors (Lipinski definition) is 1. The van der Waals surface area contributed by atoms with E-state index in [0.717, 1.165) is 5.69 Å². The number of β-amino-alcohol motifs (C(OH)–C–C–N with tert-alkyl or cyclic N) is 1. The van der Waals surface area contributed by atoms with Gasteiger partial charge in [-0.1, -0.05) is 26.0 Å². The molecule has 0 aliphatic carbocycles. The molecule has 0 bridgehead atoms. The molecule has 1 saturated heterocycles. The molecule has 8 nitrogen and oxygen atoms in total. The molecule has 1 fully saturated rings. The molecule has 1 amide bonds. The summed E-state index contributed by atoms with van der Waals surface area (Å²) in [5, 5.41) is 22.8. The molecule has 130 valence electrons. The van der Waals surface area contributed by atoms with Crippen LogP contribution in [0.2, 0.25) is 0 Å². The molecule has 0 aromatic carbocycles. The highest BCUT2D eigenvalue weighted by Crippen LogP contribution is 2.26. The maximum atomic E-state index is 12.8. The Kier molecular flexibility index (Phi) is 3.95. The molecule has 1 aliphatic heterocycles. The van der Waals surface area contributed by atoms with Gasteiger partial charge in [0.25, 0.3) is 5.91 Å². The lowest BCUT2D eigenvalue weighted by molar-refractivity contribution is 0.0264. The van der Waals surface area contributed by atoms with Gasteiger partial charge in [0.1, 0.15) is 11.3 Å².